The Morgan fingerprint density at radius 2 is 1.90 bits per heavy atom. The van der Waals surface area contributed by atoms with Crippen LogP contribution in [0, 0.1) is 17.2 Å². The summed E-state index contributed by atoms with van der Waals surface area (Å²) in [5, 5.41) is 12.7. The highest BCUT2D eigenvalue weighted by atomic mass is 16.5. The highest BCUT2D eigenvalue weighted by Gasteiger charge is 2.12. The Balaban J connectivity index is 2.10. The zero-order chi connectivity index (χ0) is 14.5. The van der Waals surface area contributed by atoms with Crippen LogP contribution in [0.2, 0.25) is 0 Å². The lowest BCUT2D eigenvalue weighted by atomic mass is 10.0. The molecule has 0 spiro atoms. The van der Waals surface area contributed by atoms with Crippen molar-refractivity contribution in [2.75, 3.05) is 0 Å². The van der Waals surface area contributed by atoms with Crippen LogP contribution in [0.4, 0.5) is 0 Å². The molecule has 0 radical (unpaired) electrons. The molecule has 1 unspecified atom stereocenters. The molecule has 4 nitrogen and oxygen atoms in total. The van der Waals surface area contributed by atoms with Crippen LogP contribution in [0.1, 0.15) is 44.6 Å². The fourth-order valence-corrected chi connectivity index (χ4v) is 2.00. The lowest BCUT2D eigenvalue weighted by molar-refractivity contribution is 0.359. The SMILES string of the molecule is CC(CC#N)Cc1nc(-c2ccc(C(C)C)cc2)no1. The first-order valence-corrected chi connectivity index (χ1v) is 6.90. The topological polar surface area (TPSA) is 62.7 Å². The molecule has 4 heteroatoms. The van der Waals surface area contributed by atoms with E-state index in [1.807, 2.05) is 19.1 Å². The second kappa shape index (κ2) is 6.33. The molecule has 2 aromatic rings. The molecule has 20 heavy (non-hydrogen) atoms. The first-order valence-electron chi connectivity index (χ1n) is 6.90. The predicted molar refractivity (Wildman–Crippen MR) is 76.9 cm³/mol. The Morgan fingerprint density at radius 3 is 2.50 bits per heavy atom. The smallest absolute Gasteiger partial charge is 0.227 e. The molecule has 104 valence electrons. The van der Waals surface area contributed by atoms with Gasteiger partial charge in [0.1, 0.15) is 0 Å². The Hall–Kier alpha value is -2.15. The third kappa shape index (κ3) is 3.45. The quantitative estimate of drug-likeness (QED) is 0.824. The maximum absolute atomic E-state index is 8.65. The van der Waals surface area contributed by atoms with Crippen molar-refractivity contribution in [1.29, 1.82) is 5.26 Å². The van der Waals surface area contributed by atoms with Gasteiger partial charge in [-0.15, -0.1) is 0 Å². The van der Waals surface area contributed by atoms with Crippen molar-refractivity contribution in [2.45, 2.75) is 39.5 Å². The maximum Gasteiger partial charge on any atom is 0.227 e. The summed E-state index contributed by atoms with van der Waals surface area (Å²) < 4.78 is 5.24. The van der Waals surface area contributed by atoms with E-state index in [1.54, 1.807) is 0 Å². The first kappa shape index (κ1) is 14.3. The summed E-state index contributed by atoms with van der Waals surface area (Å²) in [6.45, 7) is 6.33. The summed E-state index contributed by atoms with van der Waals surface area (Å²) in [4.78, 5) is 4.39. The third-order valence-corrected chi connectivity index (χ3v) is 3.27. The van der Waals surface area contributed by atoms with Gasteiger partial charge in [0.2, 0.25) is 11.7 Å². The lowest BCUT2D eigenvalue weighted by Crippen LogP contribution is -1.98. The van der Waals surface area contributed by atoms with Crippen molar-refractivity contribution in [3.8, 4) is 17.5 Å². The number of benzene rings is 1. The minimum Gasteiger partial charge on any atom is -0.339 e. The van der Waals surface area contributed by atoms with E-state index >= 15 is 0 Å². The molecule has 0 bridgehead atoms. The van der Waals surface area contributed by atoms with Crippen LogP contribution in [-0.4, -0.2) is 10.1 Å². The zero-order valence-electron chi connectivity index (χ0n) is 12.1. The third-order valence-electron chi connectivity index (χ3n) is 3.27. The van der Waals surface area contributed by atoms with Gasteiger partial charge in [-0.3, -0.25) is 0 Å². The second-order valence-electron chi connectivity index (χ2n) is 5.46. The van der Waals surface area contributed by atoms with Gasteiger partial charge in [0.15, 0.2) is 0 Å². The molecule has 0 N–H and O–H groups in total. The van der Waals surface area contributed by atoms with E-state index < -0.39 is 0 Å². The fraction of sp³-hybridized carbons (Fsp3) is 0.438. The number of hydrogen-bond donors (Lipinski definition) is 0. The average Bonchev–Trinajstić information content (AvgIpc) is 2.87. The highest BCUT2D eigenvalue weighted by molar-refractivity contribution is 5.54. The Kier molecular flexibility index (Phi) is 4.52. The number of aromatic nitrogens is 2. The molecule has 1 aromatic carbocycles. The van der Waals surface area contributed by atoms with E-state index in [0.717, 1.165) is 5.56 Å². The maximum atomic E-state index is 8.65. The molecular formula is C16H19N3O. The minimum absolute atomic E-state index is 0.233. The van der Waals surface area contributed by atoms with Crippen LogP contribution < -0.4 is 0 Å². The minimum atomic E-state index is 0.233. The molecule has 1 heterocycles. The monoisotopic (exact) mass is 269 g/mol. The predicted octanol–water partition coefficient (Wildman–Crippen LogP) is 3.95. The molecule has 0 amide bonds. The molecule has 1 atom stereocenters. The van der Waals surface area contributed by atoms with E-state index in [1.165, 1.54) is 5.56 Å². The summed E-state index contributed by atoms with van der Waals surface area (Å²) in [6, 6.07) is 10.4. The van der Waals surface area contributed by atoms with Gasteiger partial charge in [0, 0.05) is 18.4 Å². The van der Waals surface area contributed by atoms with E-state index in [0.29, 0.717) is 30.5 Å². The number of nitrogens with zero attached hydrogens (tertiary/aromatic N) is 3. The number of hydrogen-bond acceptors (Lipinski definition) is 4. The summed E-state index contributed by atoms with van der Waals surface area (Å²) in [6.07, 6.45) is 1.14. The number of rotatable bonds is 5. The van der Waals surface area contributed by atoms with Crippen LogP contribution in [0.5, 0.6) is 0 Å². The molecule has 0 aliphatic carbocycles. The van der Waals surface area contributed by atoms with Crippen molar-refractivity contribution in [1.82, 2.24) is 10.1 Å². The van der Waals surface area contributed by atoms with E-state index in [-0.39, 0.29) is 5.92 Å². The van der Waals surface area contributed by atoms with Crippen LogP contribution in [0.25, 0.3) is 11.4 Å². The van der Waals surface area contributed by atoms with Crippen LogP contribution >= 0.6 is 0 Å². The molecule has 1 aromatic heterocycles. The lowest BCUT2D eigenvalue weighted by Gasteiger charge is -2.04. The van der Waals surface area contributed by atoms with Crippen LogP contribution in [0.3, 0.4) is 0 Å². The van der Waals surface area contributed by atoms with Gasteiger partial charge >= 0.3 is 0 Å². The van der Waals surface area contributed by atoms with Crippen LogP contribution in [-0.2, 0) is 6.42 Å². The van der Waals surface area contributed by atoms with Crippen molar-refractivity contribution < 1.29 is 4.52 Å². The first-order chi connectivity index (χ1) is 9.60. The summed E-state index contributed by atoms with van der Waals surface area (Å²) in [5.41, 5.74) is 2.25. The van der Waals surface area contributed by atoms with E-state index in [4.69, 9.17) is 9.78 Å². The van der Waals surface area contributed by atoms with Crippen LogP contribution in [0.15, 0.2) is 28.8 Å². The average molecular weight is 269 g/mol. The molecule has 2 rings (SSSR count). The molecule has 0 aliphatic heterocycles. The molecule has 0 fully saturated rings. The number of nitriles is 1. The van der Waals surface area contributed by atoms with E-state index in [2.05, 4.69) is 42.2 Å². The Bertz CT molecular complexity index is 593. The summed E-state index contributed by atoms with van der Waals surface area (Å²) in [7, 11) is 0. The normalized spacial score (nSPS) is 12.3. The zero-order valence-corrected chi connectivity index (χ0v) is 12.1. The van der Waals surface area contributed by atoms with Gasteiger partial charge in [-0.25, -0.2) is 0 Å². The van der Waals surface area contributed by atoms with Crippen molar-refractivity contribution in [3.63, 3.8) is 0 Å². The van der Waals surface area contributed by atoms with Crippen molar-refractivity contribution in [3.05, 3.63) is 35.7 Å². The summed E-state index contributed by atoms with van der Waals surface area (Å²) >= 11 is 0. The van der Waals surface area contributed by atoms with Crippen molar-refractivity contribution >= 4 is 0 Å². The van der Waals surface area contributed by atoms with Gasteiger partial charge < -0.3 is 4.52 Å². The van der Waals surface area contributed by atoms with E-state index in [9.17, 15) is 0 Å². The molecule has 0 saturated heterocycles. The molecular weight excluding hydrogens is 250 g/mol. The standard InChI is InChI=1S/C16H19N3O/c1-11(2)13-4-6-14(7-5-13)16-18-15(20-19-16)10-12(3)8-9-17/h4-7,11-12H,8,10H2,1-3H3. The van der Waals surface area contributed by atoms with Gasteiger partial charge in [0.25, 0.3) is 0 Å². The van der Waals surface area contributed by atoms with Gasteiger partial charge in [-0.2, -0.15) is 10.2 Å². The molecule has 0 saturated carbocycles. The van der Waals surface area contributed by atoms with Gasteiger partial charge in [0.05, 0.1) is 6.07 Å². The largest absolute Gasteiger partial charge is 0.339 e. The van der Waals surface area contributed by atoms with Gasteiger partial charge in [-0.1, -0.05) is 50.2 Å². The second-order valence-corrected chi connectivity index (χ2v) is 5.46. The Labute approximate surface area is 119 Å². The highest BCUT2D eigenvalue weighted by Crippen LogP contribution is 2.21. The summed E-state index contributed by atoms with van der Waals surface area (Å²) in [5.74, 6) is 1.95. The van der Waals surface area contributed by atoms with Gasteiger partial charge in [-0.05, 0) is 17.4 Å². The van der Waals surface area contributed by atoms with Crippen molar-refractivity contribution in [2.24, 2.45) is 5.92 Å². The fourth-order valence-electron chi connectivity index (χ4n) is 2.00. The Morgan fingerprint density at radius 1 is 1.20 bits per heavy atom. The molecule has 0 aliphatic rings.